The lowest BCUT2D eigenvalue weighted by Crippen LogP contribution is -2.39. The van der Waals surface area contributed by atoms with Crippen molar-refractivity contribution in [2.75, 3.05) is 19.6 Å². The fraction of sp³-hybridized carbons (Fsp3) is 0.923. The standard InChI is InChI=1S/C13H28N2O/c1-5-11(6-2)9-12(10-14)13(16)15(7-3)8-4/h11-12H,5-10,14H2,1-4H3. The van der Waals surface area contributed by atoms with Crippen LogP contribution in [-0.4, -0.2) is 30.4 Å². The Morgan fingerprint density at radius 2 is 1.62 bits per heavy atom. The van der Waals surface area contributed by atoms with Crippen LogP contribution in [-0.2, 0) is 4.79 Å². The number of rotatable bonds is 8. The molecule has 0 aliphatic carbocycles. The van der Waals surface area contributed by atoms with Gasteiger partial charge in [0.2, 0.25) is 5.91 Å². The monoisotopic (exact) mass is 228 g/mol. The van der Waals surface area contributed by atoms with Crippen LogP contribution < -0.4 is 5.73 Å². The molecule has 0 rings (SSSR count). The second kappa shape index (κ2) is 8.57. The molecule has 0 aromatic rings. The second-order valence-electron chi connectivity index (χ2n) is 4.36. The topological polar surface area (TPSA) is 46.3 Å². The summed E-state index contributed by atoms with van der Waals surface area (Å²) >= 11 is 0. The molecule has 0 saturated heterocycles. The average molecular weight is 228 g/mol. The molecule has 0 fully saturated rings. The van der Waals surface area contributed by atoms with E-state index in [9.17, 15) is 4.79 Å². The van der Waals surface area contributed by atoms with E-state index in [1.807, 2.05) is 18.7 Å². The van der Waals surface area contributed by atoms with E-state index < -0.39 is 0 Å². The van der Waals surface area contributed by atoms with E-state index in [-0.39, 0.29) is 11.8 Å². The summed E-state index contributed by atoms with van der Waals surface area (Å²) in [6.07, 6.45) is 3.22. The van der Waals surface area contributed by atoms with E-state index >= 15 is 0 Å². The smallest absolute Gasteiger partial charge is 0.226 e. The van der Waals surface area contributed by atoms with Gasteiger partial charge in [0.25, 0.3) is 0 Å². The molecule has 0 aliphatic heterocycles. The van der Waals surface area contributed by atoms with Gasteiger partial charge >= 0.3 is 0 Å². The molecule has 3 heteroatoms. The molecule has 1 atom stereocenters. The molecule has 96 valence electrons. The first-order valence-electron chi connectivity index (χ1n) is 6.63. The molecule has 2 N–H and O–H groups in total. The fourth-order valence-corrected chi connectivity index (χ4v) is 2.12. The molecule has 16 heavy (non-hydrogen) atoms. The highest BCUT2D eigenvalue weighted by Crippen LogP contribution is 2.20. The Morgan fingerprint density at radius 3 is 1.94 bits per heavy atom. The summed E-state index contributed by atoms with van der Waals surface area (Å²) < 4.78 is 0. The Labute approximate surface area is 100 Å². The highest BCUT2D eigenvalue weighted by Gasteiger charge is 2.23. The van der Waals surface area contributed by atoms with Crippen LogP contribution in [0.3, 0.4) is 0 Å². The Kier molecular flexibility index (Phi) is 8.26. The third-order valence-corrected chi connectivity index (χ3v) is 3.48. The number of carbonyl (C=O) groups is 1. The van der Waals surface area contributed by atoms with E-state index in [1.165, 1.54) is 0 Å². The highest BCUT2D eigenvalue weighted by molar-refractivity contribution is 5.79. The van der Waals surface area contributed by atoms with Crippen molar-refractivity contribution in [2.24, 2.45) is 17.6 Å². The lowest BCUT2D eigenvalue weighted by molar-refractivity contribution is -0.135. The summed E-state index contributed by atoms with van der Waals surface area (Å²) in [5.74, 6) is 0.886. The van der Waals surface area contributed by atoms with Crippen LogP contribution in [0.2, 0.25) is 0 Å². The number of nitrogens with two attached hydrogens (primary N) is 1. The second-order valence-corrected chi connectivity index (χ2v) is 4.36. The molecular formula is C13H28N2O. The van der Waals surface area contributed by atoms with Crippen molar-refractivity contribution < 1.29 is 4.79 Å². The Bertz CT molecular complexity index is 186. The van der Waals surface area contributed by atoms with Gasteiger partial charge in [-0.25, -0.2) is 0 Å². The van der Waals surface area contributed by atoms with Crippen LogP contribution in [0.5, 0.6) is 0 Å². The summed E-state index contributed by atoms with van der Waals surface area (Å²) in [7, 11) is 0. The van der Waals surface area contributed by atoms with E-state index in [0.29, 0.717) is 12.5 Å². The van der Waals surface area contributed by atoms with Crippen LogP contribution >= 0.6 is 0 Å². The highest BCUT2D eigenvalue weighted by atomic mass is 16.2. The molecule has 0 aromatic heterocycles. The normalized spacial score (nSPS) is 12.9. The Balaban J connectivity index is 4.41. The zero-order chi connectivity index (χ0) is 12.6. The number of amides is 1. The van der Waals surface area contributed by atoms with Crippen LogP contribution in [0.1, 0.15) is 47.0 Å². The minimum absolute atomic E-state index is 0.0183. The Morgan fingerprint density at radius 1 is 1.12 bits per heavy atom. The van der Waals surface area contributed by atoms with Crippen molar-refractivity contribution in [2.45, 2.75) is 47.0 Å². The van der Waals surface area contributed by atoms with Gasteiger partial charge < -0.3 is 10.6 Å². The van der Waals surface area contributed by atoms with Crippen molar-refractivity contribution >= 4 is 5.91 Å². The maximum absolute atomic E-state index is 12.1. The van der Waals surface area contributed by atoms with Gasteiger partial charge in [-0.2, -0.15) is 0 Å². The van der Waals surface area contributed by atoms with Gasteiger partial charge in [-0.05, 0) is 26.2 Å². The third-order valence-electron chi connectivity index (χ3n) is 3.48. The summed E-state index contributed by atoms with van der Waals surface area (Å²) in [5, 5.41) is 0. The van der Waals surface area contributed by atoms with Crippen LogP contribution in [0.25, 0.3) is 0 Å². The van der Waals surface area contributed by atoms with E-state index in [0.717, 1.165) is 32.4 Å². The summed E-state index contributed by atoms with van der Waals surface area (Å²) in [5.41, 5.74) is 5.73. The van der Waals surface area contributed by atoms with Crippen molar-refractivity contribution in [1.29, 1.82) is 0 Å². The predicted octanol–water partition coefficient (Wildman–Crippen LogP) is 2.26. The van der Waals surface area contributed by atoms with Crippen LogP contribution in [0, 0.1) is 11.8 Å². The van der Waals surface area contributed by atoms with Crippen molar-refractivity contribution in [1.82, 2.24) is 4.90 Å². The molecule has 1 amide bonds. The van der Waals surface area contributed by atoms with Crippen LogP contribution in [0.15, 0.2) is 0 Å². The zero-order valence-corrected chi connectivity index (χ0v) is 11.3. The summed E-state index contributed by atoms with van der Waals surface area (Å²) in [4.78, 5) is 14.0. The number of hydrogen-bond acceptors (Lipinski definition) is 2. The van der Waals surface area contributed by atoms with Gasteiger partial charge in [0.1, 0.15) is 0 Å². The minimum Gasteiger partial charge on any atom is -0.343 e. The van der Waals surface area contributed by atoms with E-state index in [2.05, 4.69) is 13.8 Å². The molecule has 0 spiro atoms. The number of carbonyl (C=O) groups excluding carboxylic acids is 1. The van der Waals surface area contributed by atoms with Gasteiger partial charge in [0, 0.05) is 19.6 Å². The van der Waals surface area contributed by atoms with Gasteiger partial charge in [-0.3, -0.25) is 4.79 Å². The molecule has 0 bridgehead atoms. The first kappa shape index (κ1) is 15.4. The van der Waals surface area contributed by atoms with Crippen LogP contribution in [0.4, 0.5) is 0 Å². The SMILES string of the molecule is CCC(CC)CC(CN)C(=O)N(CC)CC. The number of hydrogen-bond donors (Lipinski definition) is 1. The molecule has 0 saturated carbocycles. The lowest BCUT2D eigenvalue weighted by atomic mass is 9.89. The molecule has 0 aliphatic rings. The molecule has 3 nitrogen and oxygen atoms in total. The molecule has 0 aromatic carbocycles. The first-order chi connectivity index (χ1) is 7.64. The average Bonchev–Trinajstić information content (AvgIpc) is 2.32. The molecule has 0 radical (unpaired) electrons. The summed E-state index contributed by atoms with van der Waals surface area (Å²) in [6, 6.07) is 0. The maximum atomic E-state index is 12.1. The number of nitrogens with zero attached hydrogens (tertiary/aromatic N) is 1. The van der Waals surface area contributed by atoms with Gasteiger partial charge in [-0.1, -0.05) is 26.7 Å². The van der Waals surface area contributed by atoms with Crippen molar-refractivity contribution in [3.05, 3.63) is 0 Å². The first-order valence-corrected chi connectivity index (χ1v) is 6.63. The maximum Gasteiger partial charge on any atom is 0.226 e. The molecular weight excluding hydrogens is 200 g/mol. The third kappa shape index (κ3) is 4.52. The van der Waals surface area contributed by atoms with Gasteiger partial charge in [0.05, 0.1) is 5.92 Å². The van der Waals surface area contributed by atoms with E-state index in [1.54, 1.807) is 0 Å². The van der Waals surface area contributed by atoms with Gasteiger partial charge in [0.15, 0.2) is 0 Å². The largest absolute Gasteiger partial charge is 0.343 e. The Hall–Kier alpha value is -0.570. The lowest BCUT2D eigenvalue weighted by Gasteiger charge is -2.26. The molecule has 0 heterocycles. The summed E-state index contributed by atoms with van der Waals surface area (Å²) in [6.45, 7) is 10.5. The quantitative estimate of drug-likeness (QED) is 0.692. The van der Waals surface area contributed by atoms with Gasteiger partial charge in [-0.15, -0.1) is 0 Å². The van der Waals surface area contributed by atoms with Crippen molar-refractivity contribution in [3.8, 4) is 0 Å². The zero-order valence-electron chi connectivity index (χ0n) is 11.3. The fourth-order valence-electron chi connectivity index (χ4n) is 2.12. The van der Waals surface area contributed by atoms with E-state index in [4.69, 9.17) is 5.73 Å². The minimum atomic E-state index is 0.0183. The van der Waals surface area contributed by atoms with Crippen molar-refractivity contribution in [3.63, 3.8) is 0 Å². The molecule has 1 unspecified atom stereocenters. The predicted molar refractivity (Wildman–Crippen MR) is 69.2 cm³/mol.